The fourth-order valence-corrected chi connectivity index (χ4v) is 3.38. The molecule has 3 heterocycles. The predicted octanol–water partition coefficient (Wildman–Crippen LogP) is 2.19. The second-order valence-corrected chi connectivity index (χ2v) is 6.66. The summed E-state index contributed by atoms with van der Waals surface area (Å²) in [7, 11) is 0. The zero-order valence-electron chi connectivity index (χ0n) is 13.2. The van der Waals surface area contributed by atoms with Crippen molar-refractivity contribution in [3.63, 3.8) is 0 Å². The molecule has 1 N–H and O–H groups in total. The Kier molecular flexibility index (Phi) is 5.53. The highest BCUT2D eigenvalue weighted by molar-refractivity contribution is 8.00. The smallest absolute Gasteiger partial charge is 0.289 e. The summed E-state index contributed by atoms with van der Waals surface area (Å²) in [5, 5.41) is 3.02. The molecule has 2 aromatic rings. The van der Waals surface area contributed by atoms with Gasteiger partial charge in [0, 0.05) is 36.4 Å². The molecule has 6 nitrogen and oxygen atoms in total. The number of amides is 2. The first-order valence-corrected chi connectivity index (χ1v) is 8.86. The molecule has 1 aliphatic rings. The van der Waals surface area contributed by atoms with Gasteiger partial charge in [-0.3, -0.25) is 14.6 Å². The van der Waals surface area contributed by atoms with Crippen LogP contribution in [0.25, 0.3) is 0 Å². The van der Waals surface area contributed by atoms with Crippen molar-refractivity contribution in [1.29, 1.82) is 0 Å². The van der Waals surface area contributed by atoms with E-state index in [1.165, 1.54) is 18.0 Å². The Morgan fingerprint density at radius 1 is 1.33 bits per heavy atom. The van der Waals surface area contributed by atoms with Crippen molar-refractivity contribution in [2.24, 2.45) is 0 Å². The number of carbonyl (C=O) groups excluding carboxylic acids is 2. The standard InChI is InChI=1S/C17H19N3O3S/c21-16(12-24-14-5-7-18-8-6-14)19-13-3-1-9-20(11-13)17(22)15-4-2-10-23-15/h2,4-8,10,13H,1,3,9,11-12H2,(H,19,21). The third-order valence-electron chi connectivity index (χ3n) is 3.83. The zero-order valence-corrected chi connectivity index (χ0v) is 14.0. The van der Waals surface area contributed by atoms with Gasteiger partial charge in [0.15, 0.2) is 5.76 Å². The number of aromatic nitrogens is 1. The first kappa shape index (κ1) is 16.6. The van der Waals surface area contributed by atoms with Crippen LogP contribution in [-0.4, -0.2) is 46.6 Å². The molecular weight excluding hydrogens is 326 g/mol. The highest BCUT2D eigenvalue weighted by atomic mass is 32.2. The van der Waals surface area contributed by atoms with Crippen molar-refractivity contribution in [2.45, 2.75) is 23.8 Å². The van der Waals surface area contributed by atoms with Crippen LogP contribution >= 0.6 is 11.8 Å². The normalized spacial score (nSPS) is 17.5. The maximum absolute atomic E-state index is 12.3. The lowest BCUT2D eigenvalue weighted by molar-refractivity contribution is -0.119. The van der Waals surface area contributed by atoms with E-state index in [0.29, 0.717) is 24.6 Å². The summed E-state index contributed by atoms with van der Waals surface area (Å²) in [6, 6.07) is 7.11. The Labute approximate surface area is 144 Å². The van der Waals surface area contributed by atoms with Gasteiger partial charge in [-0.1, -0.05) is 0 Å². The molecule has 0 bridgehead atoms. The van der Waals surface area contributed by atoms with Crippen LogP contribution in [0, 0.1) is 0 Å². The molecule has 0 radical (unpaired) electrons. The van der Waals surface area contributed by atoms with Crippen LogP contribution in [0.15, 0.2) is 52.2 Å². The summed E-state index contributed by atoms with van der Waals surface area (Å²) in [6.07, 6.45) is 6.66. The highest BCUT2D eigenvalue weighted by Crippen LogP contribution is 2.17. The summed E-state index contributed by atoms with van der Waals surface area (Å²) in [5.74, 6) is 0.557. The molecule has 1 atom stereocenters. The van der Waals surface area contributed by atoms with Crippen molar-refractivity contribution < 1.29 is 14.0 Å². The Balaban J connectivity index is 1.48. The third-order valence-corrected chi connectivity index (χ3v) is 4.84. The molecule has 7 heteroatoms. The number of hydrogen-bond acceptors (Lipinski definition) is 5. The van der Waals surface area contributed by atoms with E-state index in [1.54, 1.807) is 29.4 Å². The lowest BCUT2D eigenvalue weighted by Gasteiger charge is -2.32. The summed E-state index contributed by atoms with van der Waals surface area (Å²) < 4.78 is 5.17. The predicted molar refractivity (Wildman–Crippen MR) is 90.7 cm³/mol. The van der Waals surface area contributed by atoms with Gasteiger partial charge in [0.05, 0.1) is 12.0 Å². The molecule has 2 amide bonds. The average molecular weight is 345 g/mol. The van der Waals surface area contributed by atoms with E-state index in [2.05, 4.69) is 10.3 Å². The van der Waals surface area contributed by atoms with E-state index in [1.807, 2.05) is 12.1 Å². The molecule has 1 saturated heterocycles. The maximum atomic E-state index is 12.3. The van der Waals surface area contributed by atoms with Crippen LogP contribution in [0.1, 0.15) is 23.4 Å². The van der Waals surface area contributed by atoms with E-state index in [-0.39, 0.29) is 17.9 Å². The number of rotatable bonds is 5. The second kappa shape index (κ2) is 8.01. The molecule has 1 fully saturated rings. The number of hydrogen-bond donors (Lipinski definition) is 1. The summed E-state index contributed by atoms with van der Waals surface area (Å²) in [4.78, 5) is 31.1. The fraction of sp³-hybridized carbons (Fsp3) is 0.353. The van der Waals surface area contributed by atoms with E-state index in [9.17, 15) is 9.59 Å². The molecule has 126 valence electrons. The van der Waals surface area contributed by atoms with Gasteiger partial charge in [-0.25, -0.2) is 0 Å². The molecule has 24 heavy (non-hydrogen) atoms. The van der Waals surface area contributed by atoms with Crippen LogP contribution in [-0.2, 0) is 4.79 Å². The molecule has 1 unspecified atom stereocenters. The lowest BCUT2D eigenvalue weighted by Crippen LogP contribution is -2.50. The minimum Gasteiger partial charge on any atom is -0.459 e. The number of carbonyl (C=O) groups is 2. The molecule has 1 aliphatic heterocycles. The number of thioether (sulfide) groups is 1. The SMILES string of the molecule is O=C(CSc1ccncc1)NC1CCCN(C(=O)c2ccco2)C1. The third kappa shape index (κ3) is 4.38. The molecule has 3 rings (SSSR count). The summed E-state index contributed by atoms with van der Waals surface area (Å²) in [6.45, 7) is 1.21. The minimum atomic E-state index is -0.120. The van der Waals surface area contributed by atoms with Crippen LogP contribution in [0.2, 0.25) is 0 Å². The van der Waals surface area contributed by atoms with E-state index >= 15 is 0 Å². The molecule has 2 aromatic heterocycles. The van der Waals surface area contributed by atoms with Crippen LogP contribution in [0.3, 0.4) is 0 Å². The Bertz CT molecular complexity index is 676. The first-order valence-electron chi connectivity index (χ1n) is 7.87. The van der Waals surface area contributed by atoms with E-state index in [0.717, 1.165) is 17.7 Å². The quantitative estimate of drug-likeness (QED) is 0.841. The van der Waals surface area contributed by atoms with E-state index in [4.69, 9.17) is 4.42 Å². The van der Waals surface area contributed by atoms with Crippen molar-refractivity contribution in [2.75, 3.05) is 18.8 Å². The van der Waals surface area contributed by atoms with Gasteiger partial charge < -0.3 is 14.6 Å². The number of piperidine rings is 1. The van der Waals surface area contributed by atoms with Crippen molar-refractivity contribution in [3.8, 4) is 0 Å². The minimum absolute atomic E-state index is 0.0109. The fourth-order valence-electron chi connectivity index (χ4n) is 2.69. The molecular formula is C17H19N3O3S. The first-order chi connectivity index (χ1) is 11.7. The van der Waals surface area contributed by atoms with Crippen LogP contribution in [0.4, 0.5) is 0 Å². The number of furan rings is 1. The van der Waals surface area contributed by atoms with Gasteiger partial charge >= 0.3 is 0 Å². The lowest BCUT2D eigenvalue weighted by atomic mass is 10.1. The van der Waals surface area contributed by atoms with Gasteiger partial charge in [0.2, 0.25) is 5.91 Å². The van der Waals surface area contributed by atoms with Gasteiger partial charge in [-0.05, 0) is 37.1 Å². The van der Waals surface area contributed by atoms with Gasteiger partial charge in [-0.2, -0.15) is 0 Å². The number of likely N-dealkylation sites (tertiary alicyclic amines) is 1. The van der Waals surface area contributed by atoms with E-state index < -0.39 is 0 Å². The largest absolute Gasteiger partial charge is 0.459 e. The van der Waals surface area contributed by atoms with Crippen LogP contribution in [0.5, 0.6) is 0 Å². The molecule has 0 aromatic carbocycles. The number of pyridine rings is 1. The van der Waals surface area contributed by atoms with Gasteiger partial charge in [0.1, 0.15) is 0 Å². The maximum Gasteiger partial charge on any atom is 0.289 e. The Morgan fingerprint density at radius 3 is 2.92 bits per heavy atom. The topological polar surface area (TPSA) is 75.4 Å². The van der Waals surface area contributed by atoms with Crippen molar-refractivity contribution >= 4 is 23.6 Å². The van der Waals surface area contributed by atoms with Crippen LogP contribution < -0.4 is 5.32 Å². The van der Waals surface area contributed by atoms with Gasteiger partial charge in [-0.15, -0.1) is 11.8 Å². The van der Waals surface area contributed by atoms with Gasteiger partial charge in [0.25, 0.3) is 5.91 Å². The summed E-state index contributed by atoms with van der Waals surface area (Å²) >= 11 is 1.47. The van der Waals surface area contributed by atoms with Crippen molar-refractivity contribution in [3.05, 3.63) is 48.7 Å². The number of nitrogens with one attached hydrogen (secondary N) is 1. The molecule has 0 spiro atoms. The highest BCUT2D eigenvalue weighted by Gasteiger charge is 2.26. The Hall–Kier alpha value is -2.28. The summed E-state index contributed by atoms with van der Waals surface area (Å²) in [5.41, 5.74) is 0. The Morgan fingerprint density at radius 2 is 2.17 bits per heavy atom. The second-order valence-electron chi connectivity index (χ2n) is 5.61. The average Bonchev–Trinajstić information content (AvgIpc) is 3.15. The monoisotopic (exact) mass is 345 g/mol. The molecule has 0 saturated carbocycles. The number of nitrogens with zero attached hydrogens (tertiary/aromatic N) is 2. The molecule has 0 aliphatic carbocycles. The zero-order chi connectivity index (χ0) is 16.8. The van der Waals surface area contributed by atoms with Crippen molar-refractivity contribution in [1.82, 2.24) is 15.2 Å².